The monoisotopic (exact) mass is 383 g/mol. The van der Waals surface area contributed by atoms with Gasteiger partial charge in [0.15, 0.2) is 14.9 Å². The summed E-state index contributed by atoms with van der Waals surface area (Å²) in [6.45, 7) is 1.82. The van der Waals surface area contributed by atoms with Crippen molar-refractivity contribution in [3.05, 3.63) is 47.9 Å². The first-order valence-corrected chi connectivity index (χ1v) is 11.1. The summed E-state index contributed by atoms with van der Waals surface area (Å²) in [5.41, 5.74) is 0.704. The molecular weight excluding hydrogens is 362 g/mol. The summed E-state index contributed by atoms with van der Waals surface area (Å²) in [6.07, 6.45) is 1.69. The van der Waals surface area contributed by atoms with Crippen LogP contribution in [0.1, 0.15) is 23.1 Å². The average molecular weight is 383 g/mol. The van der Waals surface area contributed by atoms with E-state index >= 15 is 0 Å². The molecule has 0 saturated carbocycles. The van der Waals surface area contributed by atoms with Crippen LogP contribution in [-0.2, 0) is 26.9 Å². The Bertz CT molecular complexity index is 947. The van der Waals surface area contributed by atoms with Crippen LogP contribution in [0.5, 0.6) is 0 Å². The molecule has 0 aliphatic carbocycles. The quantitative estimate of drug-likeness (QED) is 0.796. The standard InChI is InChI=1S/C16H21N3O4S2/c1-13-17-16(12-18(13)2)25(22,23)19-9-8-15(24(20,21)11-10-19)14-6-4-3-5-7-14/h3-7,12,15H,8-11H2,1-2H3. The Morgan fingerprint density at radius 2 is 1.84 bits per heavy atom. The van der Waals surface area contributed by atoms with E-state index in [0.717, 1.165) is 0 Å². The molecule has 0 bridgehead atoms. The second-order valence-corrected chi connectivity index (χ2v) is 10.4. The summed E-state index contributed by atoms with van der Waals surface area (Å²) in [7, 11) is -5.51. The third-order valence-electron chi connectivity index (χ3n) is 4.56. The minimum absolute atomic E-state index is 0.0388. The average Bonchev–Trinajstić information content (AvgIpc) is 2.81. The van der Waals surface area contributed by atoms with Crippen LogP contribution in [0.4, 0.5) is 0 Å². The molecule has 1 fully saturated rings. The van der Waals surface area contributed by atoms with Crippen LogP contribution >= 0.6 is 0 Å². The smallest absolute Gasteiger partial charge is 0.262 e. The molecule has 2 heterocycles. The summed E-state index contributed by atoms with van der Waals surface area (Å²) < 4.78 is 53.8. The Morgan fingerprint density at radius 3 is 2.44 bits per heavy atom. The number of rotatable bonds is 3. The predicted molar refractivity (Wildman–Crippen MR) is 94.3 cm³/mol. The molecule has 0 spiro atoms. The van der Waals surface area contributed by atoms with Crippen molar-refractivity contribution in [1.82, 2.24) is 13.9 Å². The zero-order valence-corrected chi connectivity index (χ0v) is 15.8. The number of nitrogens with zero attached hydrogens (tertiary/aromatic N) is 3. The lowest BCUT2D eigenvalue weighted by Crippen LogP contribution is -2.33. The first-order valence-electron chi connectivity index (χ1n) is 7.98. The van der Waals surface area contributed by atoms with Crippen molar-refractivity contribution < 1.29 is 16.8 Å². The van der Waals surface area contributed by atoms with Crippen LogP contribution in [0.2, 0.25) is 0 Å². The highest BCUT2D eigenvalue weighted by atomic mass is 32.2. The molecule has 0 N–H and O–H groups in total. The summed E-state index contributed by atoms with van der Waals surface area (Å²) in [5, 5.41) is -0.720. The van der Waals surface area contributed by atoms with Crippen LogP contribution in [0.15, 0.2) is 41.6 Å². The van der Waals surface area contributed by atoms with Gasteiger partial charge in [0.25, 0.3) is 10.0 Å². The van der Waals surface area contributed by atoms with Crippen molar-refractivity contribution >= 4 is 19.9 Å². The van der Waals surface area contributed by atoms with E-state index in [1.807, 2.05) is 6.07 Å². The third-order valence-corrected chi connectivity index (χ3v) is 8.46. The Hall–Kier alpha value is -1.71. The van der Waals surface area contributed by atoms with E-state index in [4.69, 9.17) is 0 Å². The fourth-order valence-electron chi connectivity index (χ4n) is 2.99. The number of imidazole rings is 1. The number of sulfone groups is 1. The highest BCUT2D eigenvalue weighted by Crippen LogP contribution is 2.30. The highest BCUT2D eigenvalue weighted by molar-refractivity contribution is 7.92. The van der Waals surface area contributed by atoms with E-state index < -0.39 is 25.1 Å². The summed E-state index contributed by atoms with van der Waals surface area (Å²) in [5.74, 6) is 0.389. The molecule has 136 valence electrons. The van der Waals surface area contributed by atoms with Gasteiger partial charge in [0, 0.05) is 26.3 Å². The van der Waals surface area contributed by atoms with Crippen molar-refractivity contribution in [3.63, 3.8) is 0 Å². The summed E-state index contributed by atoms with van der Waals surface area (Å²) >= 11 is 0. The van der Waals surface area contributed by atoms with Gasteiger partial charge in [-0.05, 0) is 18.9 Å². The molecule has 2 aromatic rings. The highest BCUT2D eigenvalue weighted by Gasteiger charge is 2.36. The van der Waals surface area contributed by atoms with Crippen molar-refractivity contribution in [2.24, 2.45) is 7.05 Å². The number of hydrogen-bond donors (Lipinski definition) is 0. The second-order valence-electron chi connectivity index (χ2n) is 6.20. The van der Waals surface area contributed by atoms with Gasteiger partial charge in [-0.25, -0.2) is 21.8 Å². The Morgan fingerprint density at radius 1 is 1.16 bits per heavy atom. The van der Waals surface area contributed by atoms with Crippen molar-refractivity contribution in [1.29, 1.82) is 0 Å². The summed E-state index contributed by atoms with van der Waals surface area (Å²) in [6, 6.07) is 8.96. The summed E-state index contributed by atoms with van der Waals surface area (Å²) in [4.78, 5) is 4.09. The Balaban J connectivity index is 1.90. The van der Waals surface area contributed by atoms with Crippen LogP contribution < -0.4 is 0 Å². The van der Waals surface area contributed by atoms with Crippen LogP contribution in [0.25, 0.3) is 0 Å². The molecule has 25 heavy (non-hydrogen) atoms. The molecule has 7 nitrogen and oxygen atoms in total. The minimum Gasteiger partial charge on any atom is -0.337 e. The molecule has 0 amide bonds. The van der Waals surface area contributed by atoms with Gasteiger partial charge in [-0.1, -0.05) is 30.3 Å². The van der Waals surface area contributed by atoms with E-state index in [-0.39, 0.29) is 30.3 Å². The van der Waals surface area contributed by atoms with Crippen molar-refractivity contribution in [3.8, 4) is 0 Å². The maximum Gasteiger partial charge on any atom is 0.262 e. The zero-order chi connectivity index (χ0) is 18.2. The maximum absolute atomic E-state index is 12.8. The van der Waals surface area contributed by atoms with Crippen LogP contribution in [-0.4, -0.2) is 49.5 Å². The van der Waals surface area contributed by atoms with Gasteiger partial charge in [0.05, 0.1) is 11.0 Å². The first kappa shape index (κ1) is 18.1. The third kappa shape index (κ3) is 3.49. The maximum atomic E-state index is 12.8. The number of sulfonamides is 1. The van der Waals surface area contributed by atoms with E-state index in [1.165, 1.54) is 10.5 Å². The van der Waals surface area contributed by atoms with Gasteiger partial charge in [-0.3, -0.25) is 0 Å². The normalized spacial score (nSPS) is 21.8. The number of aryl methyl sites for hydroxylation is 2. The number of hydrogen-bond acceptors (Lipinski definition) is 5. The molecular formula is C16H21N3O4S2. The minimum atomic E-state index is -3.81. The molecule has 1 unspecified atom stereocenters. The SMILES string of the molecule is Cc1nc(S(=O)(=O)N2CCC(c3ccccc3)S(=O)(=O)CC2)cn1C. The van der Waals surface area contributed by atoms with Crippen LogP contribution in [0.3, 0.4) is 0 Å². The van der Waals surface area contributed by atoms with E-state index in [1.54, 1.807) is 42.8 Å². The first-order chi connectivity index (χ1) is 11.7. The van der Waals surface area contributed by atoms with Crippen molar-refractivity contribution in [2.45, 2.75) is 23.6 Å². The molecule has 9 heteroatoms. The molecule has 1 aromatic heterocycles. The predicted octanol–water partition coefficient (Wildman–Crippen LogP) is 1.28. The molecule has 1 aromatic carbocycles. The van der Waals surface area contributed by atoms with Gasteiger partial charge in [-0.2, -0.15) is 4.31 Å². The van der Waals surface area contributed by atoms with Gasteiger partial charge < -0.3 is 4.57 Å². The van der Waals surface area contributed by atoms with Crippen LogP contribution in [0, 0.1) is 6.92 Å². The largest absolute Gasteiger partial charge is 0.337 e. The topological polar surface area (TPSA) is 89.3 Å². The molecule has 1 saturated heterocycles. The Kier molecular flexibility index (Phi) is 4.74. The van der Waals surface area contributed by atoms with E-state index in [9.17, 15) is 16.8 Å². The molecule has 1 aliphatic rings. The molecule has 0 radical (unpaired) electrons. The zero-order valence-electron chi connectivity index (χ0n) is 14.2. The lowest BCUT2D eigenvalue weighted by Gasteiger charge is -2.18. The van der Waals surface area contributed by atoms with Gasteiger partial charge >= 0.3 is 0 Å². The lowest BCUT2D eigenvalue weighted by molar-refractivity contribution is 0.426. The Labute approximate surface area is 148 Å². The fourth-order valence-corrected chi connectivity index (χ4v) is 6.38. The molecule has 1 aliphatic heterocycles. The number of benzene rings is 1. The van der Waals surface area contributed by atoms with E-state index in [2.05, 4.69) is 4.98 Å². The van der Waals surface area contributed by atoms with Crippen molar-refractivity contribution in [2.75, 3.05) is 18.8 Å². The molecule has 3 rings (SSSR count). The van der Waals surface area contributed by atoms with Gasteiger partial charge in [-0.15, -0.1) is 0 Å². The molecule has 1 atom stereocenters. The fraction of sp³-hybridized carbons (Fsp3) is 0.438. The number of aromatic nitrogens is 2. The second kappa shape index (κ2) is 6.54. The van der Waals surface area contributed by atoms with E-state index in [0.29, 0.717) is 11.4 Å². The van der Waals surface area contributed by atoms with Gasteiger partial charge in [0.2, 0.25) is 0 Å². The lowest BCUT2D eigenvalue weighted by atomic mass is 10.1. The van der Waals surface area contributed by atoms with Gasteiger partial charge in [0.1, 0.15) is 5.82 Å².